The lowest BCUT2D eigenvalue weighted by molar-refractivity contribution is 0.0331. The zero-order valence-corrected chi connectivity index (χ0v) is 24.5. The molecule has 5 aromatic rings. The first kappa shape index (κ1) is 26.6. The van der Waals surface area contributed by atoms with Crippen LogP contribution in [-0.4, -0.2) is 76.9 Å². The number of anilines is 2. The van der Waals surface area contributed by atoms with E-state index in [0.29, 0.717) is 36.0 Å². The molecule has 42 heavy (non-hydrogen) atoms. The molecule has 7 heterocycles. The molecule has 0 amide bonds. The van der Waals surface area contributed by atoms with Gasteiger partial charge in [-0.25, -0.2) is 19.6 Å². The van der Waals surface area contributed by atoms with Crippen LogP contribution in [0, 0.1) is 0 Å². The van der Waals surface area contributed by atoms with Crippen molar-refractivity contribution in [2.75, 3.05) is 38.2 Å². The number of nitrogens with zero attached hydrogens (tertiary/aromatic N) is 9. The minimum Gasteiger partial charge on any atom is -0.477 e. The molecule has 5 aromatic heterocycles. The lowest BCUT2D eigenvalue weighted by atomic mass is 10.1. The lowest BCUT2D eigenvalue weighted by Gasteiger charge is -2.27. The number of morpholine rings is 1. The quantitative estimate of drug-likeness (QED) is 0.333. The van der Waals surface area contributed by atoms with Gasteiger partial charge >= 0.3 is 0 Å². The monoisotopic (exact) mass is 568 g/mol. The Kier molecular flexibility index (Phi) is 6.87. The standard InChI is InChI=1S/C30H36N10O2/c1-19(2)39-17-21(13-22(39)18-38-8-11-41-12-9-38)28-23-15-32-27-14-25(23)40(36-28)20(3)6-10-42-30-24(16-33-37(30)4)29-31-7-5-26(34-27)35-29/h5,7,13-17,19-20H,6,8-12,18H2,1-4H3,(H,31,32,34,35)/t20-/m0/s1. The second-order valence-corrected chi connectivity index (χ2v) is 11.4. The third-order valence-corrected chi connectivity index (χ3v) is 8.07. The molecule has 0 unspecified atom stereocenters. The minimum atomic E-state index is 0.0743. The van der Waals surface area contributed by atoms with E-state index < -0.39 is 0 Å². The number of rotatable bonds is 4. The van der Waals surface area contributed by atoms with Gasteiger partial charge in [0.25, 0.3) is 0 Å². The van der Waals surface area contributed by atoms with Crippen molar-refractivity contribution in [2.24, 2.45) is 7.05 Å². The van der Waals surface area contributed by atoms with Crippen molar-refractivity contribution in [3.05, 3.63) is 48.7 Å². The van der Waals surface area contributed by atoms with E-state index in [1.54, 1.807) is 17.1 Å². The highest BCUT2D eigenvalue weighted by Crippen LogP contribution is 2.35. The molecule has 1 fully saturated rings. The molecule has 0 radical (unpaired) electrons. The van der Waals surface area contributed by atoms with Gasteiger partial charge in [-0.1, -0.05) is 0 Å². The third-order valence-electron chi connectivity index (χ3n) is 8.07. The predicted octanol–water partition coefficient (Wildman–Crippen LogP) is 4.59. The fourth-order valence-corrected chi connectivity index (χ4v) is 5.79. The van der Waals surface area contributed by atoms with E-state index >= 15 is 0 Å². The summed E-state index contributed by atoms with van der Waals surface area (Å²) in [5, 5.41) is 14.0. The summed E-state index contributed by atoms with van der Waals surface area (Å²) in [4.78, 5) is 16.4. The summed E-state index contributed by atoms with van der Waals surface area (Å²) in [6.07, 6.45) is 8.37. The molecule has 2 aliphatic heterocycles. The number of pyridine rings is 1. The molecule has 7 rings (SSSR count). The van der Waals surface area contributed by atoms with Crippen LogP contribution in [0.5, 0.6) is 5.88 Å². The SMILES string of the molecule is CC(C)n1cc(-c2nn3c4cc(ncc24)Nc2ccnc(n2)-c2cnn(C)c2OCC[C@@H]3C)cc1CN1CCOCC1. The predicted molar refractivity (Wildman–Crippen MR) is 160 cm³/mol. The average molecular weight is 569 g/mol. The number of hydrogen-bond acceptors (Lipinski definition) is 9. The Morgan fingerprint density at radius 1 is 1.07 bits per heavy atom. The molecule has 0 saturated carbocycles. The van der Waals surface area contributed by atoms with Gasteiger partial charge in [0.15, 0.2) is 5.82 Å². The summed E-state index contributed by atoms with van der Waals surface area (Å²) in [5.74, 6) is 2.52. The number of ether oxygens (including phenoxy) is 2. The van der Waals surface area contributed by atoms with E-state index in [4.69, 9.17) is 24.5 Å². The molecule has 12 heteroatoms. The van der Waals surface area contributed by atoms with Gasteiger partial charge < -0.3 is 19.4 Å². The van der Waals surface area contributed by atoms with Crippen LogP contribution in [0.25, 0.3) is 33.5 Å². The summed E-state index contributed by atoms with van der Waals surface area (Å²) in [6, 6.07) is 6.58. The van der Waals surface area contributed by atoms with Crippen LogP contribution in [-0.2, 0) is 18.3 Å². The van der Waals surface area contributed by atoms with Gasteiger partial charge in [0.05, 0.1) is 37.6 Å². The van der Waals surface area contributed by atoms with Crippen LogP contribution >= 0.6 is 0 Å². The maximum atomic E-state index is 6.26. The molecule has 1 N–H and O–H groups in total. The Balaban J connectivity index is 1.30. The lowest BCUT2D eigenvalue weighted by Crippen LogP contribution is -2.36. The summed E-state index contributed by atoms with van der Waals surface area (Å²) in [7, 11) is 1.86. The van der Waals surface area contributed by atoms with Gasteiger partial charge in [0.2, 0.25) is 5.88 Å². The van der Waals surface area contributed by atoms with E-state index in [0.717, 1.165) is 67.0 Å². The zero-order chi connectivity index (χ0) is 28.8. The highest BCUT2D eigenvalue weighted by Gasteiger charge is 2.23. The van der Waals surface area contributed by atoms with Gasteiger partial charge in [0.1, 0.15) is 22.9 Å². The minimum absolute atomic E-state index is 0.0743. The number of aromatic nitrogens is 8. The van der Waals surface area contributed by atoms with E-state index in [-0.39, 0.29) is 6.04 Å². The van der Waals surface area contributed by atoms with Crippen LogP contribution in [0.1, 0.15) is 45.0 Å². The van der Waals surface area contributed by atoms with E-state index in [1.165, 1.54) is 5.69 Å². The van der Waals surface area contributed by atoms with Crippen molar-refractivity contribution in [1.82, 2.24) is 44.0 Å². The van der Waals surface area contributed by atoms with Crippen molar-refractivity contribution in [1.29, 1.82) is 0 Å². The smallest absolute Gasteiger partial charge is 0.222 e. The molecule has 218 valence electrons. The third kappa shape index (κ3) is 4.90. The maximum Gasteiger partial charge on any atom is 0.222 e. The summed E-state index contributed by atoms with van der Waals surface area (Å²) < 4.78 is 18.0. The molecule has 12 nitrogen and oxygen atoms in total. The molecule has 0 aliphatic carbocycles. The molecule has 1 saturated heterocycles. The van der Waals surface area contributed by atoms with Gasteiger partial charge in [0, 0.05) is 80.4 Å². The first-order valence-corrected chi connectivity index (χ1v) is 14.6. The number of fused-ring (bicyclic) bond motifs is 5. The highest BCUT2D eigenvalue weighted by atomic mass is 16.5. The van der Waals surface area contributed by atoms with Crippen LogP contribution in [0.2, 0.25) is 0 Å². The van der Waals surface area contributed by atoms with Crippen LogP contribution < -0.4 is 10.1 Å². The Hall–Kier alpha value is -4.29. The maximum absolute atomic E-state index is 6.26. The number of aryl methyl sites for hydroxylation is 1. The molecule has 0 spiro atoms. The Morgan fingerprint density at radius 3 is 2.76 bits per heavy atom. The van der Waals surface area contributed by atoms with E-state index in [2.05, 4.69) is 68.6 Å². The Morgan fingerprint density at radius 2 is 1.93 bits per heavy atom. The van der Waals surface area contributed by atoms with Crippen LogP contribution in [0.4, 0.5) is 11.6 Å². The van der Waals surface area contributed by atoms with Crippen molar-refractivity contribution >= 4 is 22.5 Å². The van der Waals surface area contributed by atoms with Crippen molar-refractivity contribution in [3.63, 3.8) is 0 Å². The van der Waals surface area contributed by atoms with Gasteiger partial charge in [-0.3, -0.25) is 9.58 Å². The fraction of sp³-hybridized carbons (Fsp3) is 0.433. The summed E-state index contributed by atoms with van der Waals surface area (Å²) in [5.41, 5.74) is 5.07. The topological polar surface area (TPSA) is 113 Å². The molecular weight excluding hydrogens is 532 g/mol. The zero-order valence-electron chi connectivity index (χ0n) is 24.5. The van der Waals surface area contributed by atoms with Crippen molar-refractivity contribution < 1.29 is 9.47 Å². The summed E-state index contributed by atoms with van der Waals surface area (Å²) in [6.45, 7) is 11.5. The molecule has 2 aliphatic rings. The molecule has 0 aromatic carbocycles. The molecule has 1 atom stereocenters. The molecule has 4 bridgehead atoms. The first-order chi connectivity index (χ1) is 20.4. The number of nitrogens with one attached hydrogen (secondary N) is 1. The van der Waals surface area contributed by atoms with Crippen LogP contribution in [0.3, 0.4) is 0 Å². The van der Waals surface area contributed by atoms with E-state index in [1.807, 2.05) is 19.3 Å². The first-order valence-electron chi connectivity index (χ1n) is 14.6. The normalized spacial score (nSPS) is 17.7. The Bertz CT molecular complexity index is 1730. The summed E-state index contributed by atoms with van der Waals surface area (Å²) >= 11 is 0. The Labute approximate surface area is 244 Å². The average Bonchev–Trinajstić information content (AvgIpc) is 3.68. The van der Waals surface area contributed by atoms with Gasteiger partial charge in [-0.15, -0.1) is 0 Å². The largest absolute Gasteiger partial charge is 0.477 e. The second kappa shape index (κ2) is 10.8. The highest BCUT2D eigenvalue weighted by molar-refractivity contribution is 5.94. The number of hydrogen-bond donors (Lipinski definition) is 1. The second-order valence-electron chi connectivity index (χ2n) is 11.4. The van der Waals surface area contributed by atoms with Crippen LogP contribution in [0.15, 0.2) is 43.0 Å². The van der Waals surface area contributed by atoms with Crippen molar-refractivity contribution in [2.45, 2.75) is 45.8 Å². The molecular formula is C30H36N10O2. The van der Waals surface area contributed by atoms with Crippen molar-refractivity contribution in [3.8, 4) is 28.5 Å². The fourth-order valence-electron chi connectivity index (χ4n) is 5.79. The van der Waals surface area contributed by atoms with Gasteiger partial charge in [-0.05, 0) is 32.9 Å². The van der Waals surface area contributed by atoms with Gasteiger partial charge in [-0.2, -0.15) is 10.2 Å². The van der Waals surface area contributed by atoms with E-state index in [9.17, 15) is 0 Å².